The maximum absolute atomic E-state index is 13.0. The van der Waals surface area contributed by atoms with E-state index in [-0.39, 0.29) is 38.2 Å². The maximum Gasteiger partial charge on any atom is 0.361 e. The molecule has 0 aliphatic rings. The molecule has 0 rings (SSSR count). The van der Waals surface area contributed by atoms with Crippen LogP contribution in [0, 0.1) is 0 Å². The van der Waals surface area contributed by atoms with Crippen LogP contribution in [0.4, 0.5) is 0 Å². The van der Waals surface area contributed by atoms with E-state index in [9.17, 15) is 19.5 Å². The van der Waals surface area contributed by atoms with Crippen LogP contribution >= 0.6 is 0 Å². The summed E-state index contributed by atoms with van der Waals surface area (Å²) in [5.41, 5.74) is 0. The minimum Gasteiger partial charge on any atom is -0.477 e. The second kappa shape index (κ2) is 85.1. The van der Waals surface area contributed by atoms with Crippen molar-refractivity contribution in [1.82, 2.24) is 0 Å². The summed E-state index contributed by atoms with van der Waals surface area (Å²) >= 11 is 0. The minimum atomic E-state index is -1.51. The van der Waals surface area contributed by atoms with Crippen LogP contribution in [0.2, 0.25) is 0 Å². The van der Waals surface area contributed by atoms with Gasteiger partial charge in [-0.15, -0.1) is 0 Å². The molecule has 0 amide bonds. The molecule has 0 aliphatic heterocycles. The van der Waals surface area contributed by atoms with Gasteiger partial charge in [-0.25, -0.2) is 4.79 Å². The molecule has 0 saturated heterocycles. The predicted octanol–water partition coefficient (Wildman–Crippen LogP) is 30.2. The lowest BCUT2D eigenvalue weighted by Crippen LogP contribution is -2.40. The molecule has 0 aromatic heterocycles. The molecule has 0 aliphatic carbocycles. The van der Waals surface area contributed by atoms with Crippen LogP contribution in [0.5, 0.6) is 0 Å². The van der Waals surface area contributed by atoms with E-state index >= 15 is 0 Å². The maximum atomic E-state index is 13.0. The van der Waals surface area contributed by atoms with Crippen LogP contribution < -0.4 is 0 Å². The second-order valence-electron chi connectivity index (χ2n) is 33.0. The molecule has 2 atom stereocenters. The average Bonchev–Trinajstić information content (AvgIpc) is 0.985. The number of hydrogen-bond donors (Lipinski definition) is 1. The van der Waals surface area contributed by atoms with Crippen LogP contribution in [0.1, 0.15) is 489 Å². The van der Waals surface area contributed by atoms with Crippen molar-refractivity contribution in [3.8, 4) is 0 Å². The monoisotopic (exact) mass is 1450 g/mol. The smallest absolute Gasteiger partial charge is 0.361 e. The third-order valence-electron chi connectivity index (χ3n) is 21.4. The fraction of sp³-hybridized carbons (Fsp3) is 0.904. The van der Waals surface area contributed by atoms with Crippen molar-refractivity contribution < 1.29 is 42.9 Å². The van der Waals surface area contributed by atoms with Crippen LogP contribution in [0.15, 0.2) is 36.5 Å². The largest absolute Gasteiger partial charge is 0.477 e. The number of carboxylic acids is 1. The van der Waals surface area contributed by atoms with Gasteiger partial charge in [-0.1, -0.05) is 442 Å². The molecule has 0 heterocycles. The number of hydrogen-bond acceptors (Lipinski definition) is 7. The Morgan fingerprint density at radius 2 is 0.524 bits per heavy atom. The van der Waals surface area contributed by atoms with Gasteiger partial charge in [0.25, 0.3) is 6.29 Å². The Morgan fingerprint density at radius 3 is 0.777 bits per heavy atom. The molecule has 103 heavy (non-hydrogen) atoms. The summed E-state index contributed by atoms with van der Waals surface area (Å²) in [4.78, 5) is 37.8. The van der Waals surface area contributed by atoms with E-state index in [4.69, 9.17) is 18.9 Å². The van der Waals surface area contributed by atoms with Gasteiger partial charge in [-0.05, 0) is 70.6 Å². The van der Waals surface area contributed by atoms with Gasteiger partial charge in [-0.2, -0.15) is 0 Å². The molecule has 0 fully saturated rings. The van der Waals surface area contributed by atoms with Gasteiger partial charge >= 0.3 is 17.9 Å². The van der Waals surface area contributed by atoms with Crippen LogP contribution in [0.3, 0.4) is 0 Å². The molecule has 1 N–H and O–H groups in total. The van der Waals surface area contributed by atoms with Crippen molar-refractivity contribution in [2.75, 3.05) is 47.5 Å². The quantitative estimate of drug-likeness (QED) is 0.0211. The lowest BCUT2D eigenvalue weighted by atomic mass is 10.0. The van der Waals surface area contributed by atoms with E-state index in [1.165, 1.54) is 417 Å². The summed E-state index contributed by atoms with van der Waals surface area (Å²) in [7, 11) is 6.01. The highest BCUT2D eigenvalue weighted by atomic mass is 16.7. The molecule has 9 nitrogen and oxygen atoms in total. The van der Waals surface area contributed by atoms with Crippen molar-refractivity contribution in [3.05, 3.63) is 36.5 Å². The number of aliphatic carboxylic acids is 1. The number of allylic oxidation sites excluding steroid dienone is 6. The lowest BCUT2D eigenvalue weighted by molar-refractivity contribution is -0.870. The first-order valence-electron chi connectivity index (χ1n) is 46.2. The van der Waals surface area contributed by atoms with E-state index in [0.29, 0.717) is 17.4 Å². The summed E-state index contributed by atoms with van der Waals surface area (Å²) in [5.74, 6) is -1.96. The molecule has 0 aromatic carbocycles. The fourth-order valence-electron chi connectivity index (χ4n) is 14.3. The standard InChI is InChI=1S/C94H179NO8/c1-6-8-10-12-14-16-18-20-22-24-26-28-30-32-34-36-38-40-42-44-46-48-50-52-54-56-58-60-62-64-66-68-70-72-74-76-78-80-82-84-91(96)101-88-90(89-102-94(93(98)99)100-87-86-95(3,4)5)103-92(97)85-83-81-79-77-75-73-71-69-67-65-63-61-59-57-55-53-51-49-47-45-43-41-39-37-35-33-31-29-27-25-23-21-19-17-15-13-11-9-7-2/h19,21,24-27,90,94H,6-18,20,22-23,28-89H2,1-5H3/p+1/b21-19-,26-24-,27-25-. The second-order valence-corrected chi connectivity index (χ2v) is 33.0. The number of likely N-dealkylation sites (N-methyl/N-ethyl adjacent to an activating group) is 1. The molecule has 0 radical (unpaired) electrons. The normalized spacial score (nSPS) is 12.7. The number of nitrogens with zero attached hydrogens (tertiary/aromatic N) is 1. The minimum absolute atomic E-state index is 0.174. The van der Waals surface area contributed by atoms with Crippen molar-refractivity contribution in [3.63, 3.8) is 0 Å². The molecule has 9 heteroatoms. The Morgan fingerprint density at radius 1 is 0.291 bits per heavy atom. The number of rotatable bonds is 88. The summed E-state index contributed by atoms with van der Waals surface area (Å²) in [5, 5.41) is 9.80. The zero-order chi connectivity index (χ0) is 74.6. The van der Waals surface area contributed by atoms with Gasteiger partial charge in [0.2, 0.25) is 0 Å². The number of esters is 2. The number of quaternary nitrogens is 1. The van der Waals surface area contributed by atoms with Gasteiger partial charge in [0.15, 0.2) is 6.10 Å². The third-order valence-corrected chi connectivity index (χ3v) is 21.4. The highest BCUT2D eigenvalue weighted by molar-refractivity contribution is 5.71. The number of carbonyl (C=O) groups excluding carboxylic acids is 2. The van der Waals surface area contributed by atoms with Gasteiger partial charge < -0.3 is 28.5 Å². The highest BCUT2D eigenvalue weighted by Gasteiger charge is 2.25. The summed E-state index contributed by atoms with van der Waals surface area (Å²) in [6, 6.07) is 0. The summed E-state index contributed by atoms with van der Waals surface area (Å²) in [6.07, 6.45) is 109. The Balaban J connectivity index is 3.87. The summed E-state index contributed by atoms with van der Waals surface area (Å²) in [6.45, 7) is 4.96. The summed E-state index contributed by atoms with van der Waals surface area (Å²) < 4.78 is 23.1. The Hall–Kier alpha value is -2.49. The van der Waals surface area contributed by atoms with Crippen molar-refractivity contribution in [2.24, 2.45) is 0 Å². The number of carbonyl (C=O) groups is 3. The predicted molar refractivity (Wildman–Crippen MR) is 447 cm³/mol. The molecule has 0 aromatic rings. The molecule has 0 bridgehead atoms. The van der Waals surface area contributed by atoms with E-state index in [0.717, 1.165) is 44.9 Å². The van der Waals surface area contributed by atoms with Gasteiger partial charge in [-0.3, -0.25) is 9.59 Å². The Labute approximate surface area is 642 Å². The average molecular weight is 1450 g/mol. The first-order valence-corrected chi connectivity index (χ1v) is 46.2. The van der Waals surface area contributed by atoms with Gasteiger partial charge in [0.05, 0.1) is 34.4 Å². The first-order chi connectivity index (χ1) is 50.6. The van der Waals surface area contributed by atoms with E-state index < -0.39 is 18.4 Å². The first kappa shape index (κ1) is 101. The molecule has 0 spiro atoms. The topological polar surface area (TPSA) is 108 Å². The molecule has 0 saturated carbocycles. The molecular weight excluding hydrogens is 1270 g/mol. The van der Waals surface area contributed by atoms with Crippen molar-refractivity contribution >= 4 is 17.9 Å². The number of unbranched alkanes of at least 4 members (excludes halogenated alkanes) is 67. The Bertz CT molecular complexity index is 1790. The van der Waals surface area contributed by atoms with E-state index in [2.05, 4.69) is 50.3 Å². The van der Waals surface area contributed by atoms with Crippen molar-refractivity contribution in [2.45, 2.75) is 501 Å². The SMILES string of the molecule is CCCCCCC/C=C\C/C=C\CCCCCCCCCCCCCCCCCCCCCCCCCCCCCC(=O)OC(COC(=O)CCCCCCCCCCCCCCCCCCCCCCCCCCCCC/C=C\CCCCCCCCCC)COC(OCC[N+](C)(C)C)C(=O)O. The van der Waals surface area contributed by atoms with Crippen LogP contribution in [0.25, 0.3) is 0 Å². The number of ether oxygens (including phenoxy) is 4. The highest BCUT2D eigenvalue weighted by Crippen LogP contribution is 2.21. The van der Waals surface area contributed by atoms with E-state index in [1.807, 2.05) is 21.1 Å². The van der Waals surface area contributed by atoms with Crippen molar-refractivity contribution in [1.29, 1.82) is 0 Å². The number of carboxylic acid groups (broad SMARTS) is 1. The third kappa shape index (κ3) is 86.6. The zero-order valence-electron chi connectivity index (χ0n) is 70.0. The van der Waals surface area contributed by atoms with E-state index in [1.54, 1.807) is 0 Å². The van der Waals surface area contributed by atoms with Crippen LogP contribution in [-0.4, -0.2) is 87.4 Å². The molecule has 608 valence electrons. The Kier molecular flexibility index (Phi) is 83.1. The fourth-order valence-corrected chi connectivity index (χ4v) is 14.3. The lowest BCUT2D eigenvalue weighted by Gasteiger charge is -2.25. The van der Waals surface area contributed by atoms with Gasteiger partial charge in [0.1, 0.15) is 13.2 Å². The zero-order valence-corrected chi connectivity index (χ0v) is 70.0. The van der Waals surface area contributed by atoms with Crippen LogP contribution in [-0.2, 0) is 33.3 Å². The molecular formula is C94H180NO8+. The van der Waals surface area contributed by atoms with Gasteiger partial charge in [0, 0.05) is 12.8 Å². The molecule has 2 unspecified atom stereocenters.